The minimum atomic E-state index is 0.100. The number of rotatable bonds is 4. The fourth-order valence-corrected chi connectivity index (χ4v) is 1.99. The number of aromatic nitrogens is 3. The summed E-state index contributed by atoms with van der Waals surface area (Å²) < 4.78 is 5.45. The SMILES string of the molecule is CCOC1CC(Nc2nc(Cl)nc(Cl)n2)C1. The molecule has 2 rings (SSSR count). The highest BCUT2D eigenvalue weighted by molar-refractivity contribution is 6.31. The first-order valence-electron chi connectivity index (χ1n) is 5.12. The number of nitrogens with zero attached hydrogens (tertiary/aromatic N) is 3. The minimum Gasteiger partial charge on any atom is -0.378 e. The van der Waals surface area contributed by atoms with E-state index in [0.29, 0.717) is 18.1 Å². The topological polar surface area (TPSA) is 59.9 Å². The van der Waals surface area contributed by atoms with Crippen LogP contribution in [0.3, 0.4) is 0 Å². The van der Waals surface area contributed by atoms with Crippen molar-refractivity contribution < 1.29 is 4.74 Å². The van der Waals surface area contributed by atoms with Crippen LogP contribution in [-0.4, -0.2) is 33.7 Å². The van der Waals surface area contributed by atoms with E-state index in [4.69, 9.17) is 27.9 Å². The molecular formula is C9H12Cl2N4O. The Morgan fingerprint density at radius 1 is 1.25 bits per heavy atom. The Hall–Kier alpha value is -0.650. The zero-order valence-electron chi connectivity index (χ0n) is 8.78. The van der Waals surface area contributed by atoms with Crippen molar-refractivity contribution in [3.63, 3.8) is 0 Å². The number of hydrogen-bond donors (Lipinski definition) is 1. The maximum atomic E-state index is 5.66. The van der Waals surface area contributed by atoms with E-state index in [1.165, 1.54) is 0 Å². The fraction of sp³-hybridized carbons (Fsp3) is 0.667. The molecule has 1 aromatic heterocycles. The van der Waals surface area contributed by atoms with Crippen molar-refractivity contribution in [1.29, 1.82) is 0 Å². The van der Waals surface area contributed by atoms with E-state index in [-0.39, 0.29) is 10.6 Å². The van der Waals surface area contributed by atoms with Gasteiger partial charge in [0.2, 0.25) is 16.5 Å². The highest BCUT2D eigenvalue weighted by atomic mass is 35.5. The van der Waals surface area contributed by atoms with Gasteiger partial charge in [0.05, 0.1) is 6.10 Å². The summed E-state index contributed by atoms with van der Waals surface area (Å²) in [6, 6.07) is 0.325. The quantitative estimate of drug-likeness (QED) is 0.901. The van der Waals surface area contributed by atoms with Gasteiger partial charge in [-0.25, -0.2) is 0 Å². The molecule has 1 aliphatic rings. The third-order valence-electron chi connectivity index (χ3n) is 2.41. The van der Waals surface area contributed by atoms with Crippen LogP contribution in [0.1, 0.15) is 19.8 Å². The summed E-state index contributed by atoms with van der Waals surface area (Å²) >= 11 is 11.3. The fourth-order valence-electron chi connectivity index (χ4n) is 1.63. The van der Waals surface area contributed by atoms with Crippen LogP contribution in [0.4, 0.5) is 5.95 Å². The van der Waals surface area contributed by atoms with Gasteiger partial charge in [-0.05, 0) is 43.0 Å². The molecule has 1 fully saturated rings. The van der Waals surface area contributed by atoms with E-state index >= 15 is 0 Å². The van der Waals surface area contributed by atoms with Gasteiger partial charge in [0.25, 0.3) is 0 Å². The third kappa shape index (κ3) is 2.93. The van der Waals surface area contributed by atoms with Gasteiger partial charge < -0.3 is 10.1 Å². The van der Waals surface area contributed by atoms with E-state index in [0.717, 1.165) is 19.4 Å². The zero-order chi connectivity index (χ0) is 11.5. The predicted molar refractivity (Wildman–Crippen MR) is 61.9 cm³/mol. The number of hydrogen-bond acceptors (Lipinski definition) is 5. The summed E-state index contributed by atoms with van der Waals surface area (Å²) in [5.41, 5.74) is 0. The van der Waals surface area contributed by atoms with Crippen molar-refractivity contribution >= 4 is 29.2 Å². The number of halogens is 2. The Morgan fingerprint density at radius 2 is 1.88 bits per heavy atom. The Kier molecular flexibility index (Phi) is 3.78. The van der Waals surface area contributed by atoms with Crippen molar-refractivity contribution in [2.75, 3.05) is 11.9 Å². The molecule has 1 saturated carbocycles. The van der Waals surface area contributed by atoms with Crippen molar-refractivity contribution in [3.8, 4) is 0 Å². The molecule has 1 aromatic rings. The molecule has 1 N–H and O–H groups in total. The van der Waals surface area contributed by atoms with Crippen LogP contribution in [0.5, 0.6) is 0 Å². The van der Waals surface area contributed by atoms with Gasteiger partial charge in [0.1, 0.15) is 0 Å². The molecule has 0 amide bonds. The molecule has 7 heteroatoms. The maximum absolute atomic E-state index is 5.66. The van der Waals surface area contributed by atoms with Crippen LogP contribution in [0.2, 0.25) is 10.6 Å². The average Bonchev–Trinajstić information content (AvgIpc) is 2.13. The number of ether oxygens (including phenoxy) is 1. The van der Waals surface area contributed by atoms with Crippen LogP contribution in [-0.2, 0) is 4.74 Å². The lowest BCUT2D eigenvalue weighted by Gasteiger charge is -2.35. The average molecular weight is 263 g/mol. The monoisotopic (exact) mass is 262 g/mol. The van der Waals surface area contributed by atoms with Crippen LogP contribution in [0.25, 0.3) is 0 Å². The highest BCUT2D eigenvalue weighted by Gasteiger charge is 2.30. The summed E-state index contributed by atoms with van der Waals surface area (Å²) in [6.07, 6.45) is 2.25. The normalized spacial score (nSPS) is 23.9. The first kappa shape index (κ1) is 11.8. The minimum absolute atomic E-state index is 0.100. The molecule has 5 nitrogen and oxygen atoms in total. The predicted octanol–water partition coefficient (Wildman–Crippen LogP) is 2.16. The standard InChI is InChI=1S/C9H12Cl2N4O/c1-2-16-6-3-5(4-6)12-9-14-7(10)13-8(11)15-9/h5-6H,2-4H2,1H3,(H,12,13,14,15). The second-order valence-corrected chi connectivity index (χ2v) is 4.26. The van der Waals surface area contributed by atoms with Crippen molar-refractivity contribution in [2.24, 2.45) is 0 Å². The van der Waals surface area contributed by atoms with Crippen LogP contribution in [0.15, 0.2) is 0 Å². The Morgan fingerprint density at radius 3 is 2.44 bits per heavy atom. The summed E-state index contributed by atoms with van der Waals surface area (Å²) in [6.45, 7) is 2.74. The number of nitrogens with one attached hydrogen (secondary N) is 1. The first-order chi connectivity index (χ1) is 7.67. The second-order valence-electron chi connectivity index (χ2n) is 3.59. The van der Waals surface area contributed by atoms with Gasteiger partial charge in [-0.1, -0.05) is 0 Å². The summed E-state index contributed by atoms with van der Waals surface area (Å²) in [7, 11) is 0. The lowest BCUT2D eigenvalue weighted by Crippen LogP contribution is -2.41. The van der Waals surface area contributed by atoms with Crippen molar-refractivity contribution in [1.82, 2.24) is 15.0 Å². The lowest BCUT2D eigenvalue weighted by atomic mass is 9.89. The van der Waals surface area contributed by atoms with E-state index in [1.807, 2.05) is 6.92 Å². The summed E-state index contributed by atoms with van der Waals surface area (Å²) in [5, 5.41) is 3.34. The van der Waals surface area contributed by atoms with Crippen molar-refractivity contribution in [2.45, 2.75) is 31.9 Å². The Labute approximate surface area is 104 Å². The molecule has 0 unspecified atom stereocenters. The molecule has 88 valence electrons. The van der Waals surface area contributed by atoms with Gasteiger partial charge in [0, 0.05) is 12.6 Å². The first-order valence-corrected chi connectivity index (χ1v) is 5.88. The molecule has 0 saturated heterocycles. The van der Waals surface area contributed by atoms with E-state index in [2.05, 4.69) is 20.3 Å². The molecule has 0 radical (unpaired) electrons. The van der Waals surface area contributed by atoms with Crippen LogP contribution >= 0.6 is 23.2 Å². The van der Waals surface area contributed by atoms with E-state index < -0.39 is 0 Å². The summed E-state index contributed by atoms with van der Waals surface area (Å²) in [4.78, 5) is 11.5. The molecule has 0 aromatic carbocycles. The molecule has 1 aliphatic carbocycles. The maximum Gasteiger partial charge on any atom is 0.228 e. The zero-order valence-corrected chi connectivity index (χ0v) is 10.3. The van der Waals surface area contributed by atoms with Gasteiger partial charge in [-0.15, -0.1) is 0 Å². The molecular weight excluding hydrogens is 251 g/mol. The van der Waals surface area contributed by atoms with Crippen LogP contribution < -0.4 is 5.32 Å². The van der Waals surface area contributed by atoms with E-state index in [9.17, 15) is 0 Å². The molecule has 0 spiro atoms. The Balaban J connectivity index is 1.86. The van der Waals surface area contributed by atoms with Gasteiger partial charge in [-0.2, -0.15) is 15.0 Å². The van der Waals surface area contributed by atoms with Gasteiger partial charge in [0.15, 0.2) is 0 Å². The van der Waals surface area contributed by atoms with Gasteiger partial charge in [-0.3, -0.25) is 0 Å². The van der Waals surface area contributed by atoms with Crippen LogP contribution in [0, 0.1) is 0 Å². The summed E-state index contributed by atoms with van der Waals surface area (Å²) in [5.74, 6) is 0.421. The van der Waals surface area contributed by atoms with Gasteiger partial charge >= 0.3 is 0 Å². The smallest absolute Gasteiger partial charge is 0.228 e. The molecule has 0 bridgehead atoms. The van der Waals surface area contributed by atoms with Crippen molar-refractivity contribution in [3.05, 3.63) is 10.6 Å². The third-order valence-corrected chi connectivity index (χ3v) is 2.75. The molecule has 0 aliphatic heterocycles. The second kappa shape index (κ2) is 5.12. The number of anilines is 1. The molecule has 0 atom stereocenters. The molecule has 16 heavy (non-hydrogen) atoms. The Bertz CT molecular complexity index is 350. The lowest BCUT2D eigenvalue weighted by molar-refractivity contribution is 0.00285. The highest BCUT2D eigenvalue weighted by Crippen LogP contribution is 2.26. The molecule has 1 heterocycles. The van der Waals surface area contributed by atoms with E-state index in [1.54, 1.807) is 0 Å². The largest absolute Gasteiger partial charge is 0.378 e.